The van der Waals surface area contributed by atoms with Gasteiger partial charge in [-0.25, -0.2) is 4.57 Å². The zero-order valence-electron chi connectivity index (χ0n) is 39.8. The van der Waals surface area contributed by atoms with Gasteiger partial charge in [-0.2, -0.15) is 0 Å². The van der Waals surface area contributed by atoms with E-state index in [1.165, 1.54) is 42.5 Å². The number of rotatable bonds is 4. The van der Waals surface area contributed by atoms with Gasteiger partial charge in [-0.3, -0.25) is 4.89 Å². The fraction of sp³-hybridized carbons (Fsp3) is 0.0769. The van der Waals surface area contributed by atoms with Gasteiger partial charge in [-0.05, 0) is 191 Å². The van der Waals surface area contributed by atoms with Gasteiger partial charge in [-0.15, -0.1) is 0 Å². The highest BCUT2D eigenvalue weighted by molar-refractivity contribution is 14.1. The minimum Gasteiger partial charge on any atom is -0.394 e. The summed E-state index contributed by atoms with van der Waals surface area (Å²) in [6, 6.07) is 64.1. The monoisotopic (exact) mass is 1050 g/mol. The first kappa shape index (κ1) is 43.7. The van der Waals surface area contributed by atoms with Crippen molar-refractivity contribution in [1.29, 1.82) is 0 Å². The minimum atomic E-state index is -4.94. The van der Waals surface area contributed by atoms with Gasteiger partial charge >= 0.3 is 7.82 Å². The van der Waals surface area contributed by atoms with E-state index in [9.17, 15) is 4.89 Å². The summed E-state index contributed by atoms with van der Waals surface area (Å²) in [7, 11) is -4.94. The first-order chi connectivity index (χ1) is 34.5. The molecule has 6 heteroatoms. The van der Waals surface area contributed by atoms with Crippen LogP contribution in [-0.4, -0.2) is 4.89 Å². The van der Waals surface area contributed by atoms with Gasteiger partial charge in [0.2, 0.25) is 0 Å². The Labute approximate surface area is 425 Å². The predicted molar refractivity (Wildman–Crippen MR) is 306 cm³/mol. The molecule has 4 nitrogen and oxygen atoms in total. The van der Waals surface area contributed by atoms with Crippen molar-refractivity contribution in [2.75, 3.05) is 0 Å². The maximum Gasteiger partial charge on any atom is 0.584 e. The van der Waals surface area contributed by atoms with Gasteiger partial charge in [-0.1, -0.05) is 163 Å². The lowest BCUT2D eigenvalue weighted by Gasteiger charge is -2.23. The van der Waals surface area contributed by atoms with E-state index in [-0.39, 0.29) is 0 Å². The van der Waals surface area contributed by atoms with E-state index < -0.39 is 7.82 Å². The number of hydrogen-bond acceptors (Lipinski definition) is 3. The van der Waals surface area contributed by atoms with E-state index >= 15 is 4.57 Å². The van der Waals surface area contributed by atoms with Crippen molar-refractivity contribution in [1.82, 2.24) is 0 Å². The molecule has 71 heavy (non-hydrogen) atoms. The van der Waals surface area contributed by atoms with Crippen molar-refractivity contribution < 1.29 is 18.5 Å². The summed E-state index contributed by atoms with van der Waals surface area (Å²) in [5.74, 6) is 0.603. The second kappa shape index (κ2) is 16.4. The molecule has 0 spiro atoms. The first-order valence-corrected chi connectivity index (χ1v) is 26.6. The van der Waals surface area contributed by atoms with Crippen molar-refractivity contribution in [2.45, 2.75) is 34.6 Å². The Kier molecular flexibility index (Phi) is 10.1. The van der Waals surface area contributed by atoms with Crippen LogP contribution in [0.15, 0.2) is 182 Å². The third kappa shape index (κ3) is 6.78. The second-order valence-corrected chi connectivity index (χ2v) is 21.8. The summed E-state index contributed by atoms with van der Waals surface area (Å²) in [6.45, 7) is 10.9. The van der Waals surface area contributed by atoms with E-state index in [1.807, 2.05) is 12.1 Å². The van der Waals surface area contributed by atoms with Crippen molar-refractivity contribution in [3.05, 3.63) is 213 Å². The average molecular weight is 1050 g/mol. The lowest BCUT2D eigenvalue weighted by molar-refractivity contribution is 0.295. The van der Waals surface area contributed by atoms with Gasteiger partial charge in [0.15, 0.2) is 0 Å². The number of fused-ring (bicyclic) bond motifs is 11. The van der Waals surface area contributed by atoms with Crippen LogP contribution in [0.2, 0.25) is 0 Å². The normalized spacial score (nSPS) is 14.5. The molecule has 0 aliphatic carbocycles. The smallest absolute Gasteiger partial charge is 0.394 e. The summed E-state index contributed by atoms with van der Waals surface area (Å²) < 4.78 is 29.9. The van der Waals surface area contributed by atoms with Crippen LogP contribution in [0.5, 0.6) is 11.5 Å². The summed E-state index contributed by atoms with van der Waals surface area (Å²) >= 11 is 2.41. The number of halogens is 1. The van der Waals surface area contributed by atoms with Gasteiger partial charge in [0, 0.05) is 37.0 Å². The Balaban J connectivity index is 1.19. The van der Waals surface area contributed by atoms with Gasteiger partial charge in [0.05, 0.1) is 0 Å². The molecule has 13 rings (SSSR count). The Morgan fingerprint density at radius 3 is 0.972 bits per heavy atom. The van der Waals surface area contributed by atoms with Crippen LogP contribution >= 0.6 is 30.4 Å². The fourth-order valence-corrected chi connectivity index (χ4v) is 14.0. The summed E-state index contributed by atoms with van der Waals surface area (Å²) in [6.07, 6.45) is 0. The molecule has 1 unspecified atom stereocenters. The zero-order valence-corrected chi connectivity index (χ0v) is 42.9. The molecular formula is C65H46IO4P. The van der Waals surface area contributed by atoms with E-state index in [2.05, 4.69) is 227 Å². The number of hydrogen-bond donors (Lipinski definition) is 1. The lowest BCUT2D eigenvalue weighted by Crippen LogP contribution is -2.01. The van der Waals surface area contributed by atoms with Crippen molar-refractivity contribution >= 4 is 95.0 Å². The average Bonchev–Trinajstić information content (AvgIpc) is 3.48. The quantitative estimate of drug-likeness (QED) is 0.108. The van der Waals surface area contributed by atoms with Crippen LogP contribution in [0, 0.1) is 38.2 Å². The van der Waals surface area contributed by atoms with Crippen molar-refractivity contribution in [3.63, 3.8) is 0 Å². The standard InChI is InChI=1S/C65H46IO4P/c1-36-30-37(2)56(38(3)31-36)60-50-26-14-10-22-46(50)58(47-23-11-15-27-51(47)60)54-34-41-18-6-8-20-44(41)62-63-45-21-9-7-19-42(45)35-55(65(63)70-71(67,68)69-64(54)62)59-48-24-12-16-28-52(48)61(53-29-17-13-25-49(53)59)57-39(4)32-43(66)33-40(57)5/h6-35H,1-5H3,(H,67,68). The zero-order chi connectivity index (χ0) is 48.4. The van der Waals surface area contributed by atoms with Gasteiger partial charge in [0.1, 0.15) is 11.5 Å². The van der Waals surface area contributed by atoms with Gasteiger partial charge < -0.3 is 9.05 Å². The molecule has 0 radical (unpaired) electrons. The molecule has 1 heterocycles. The highest BCUT2D eigenvalue weighted by Crippen LogP contribution is 2.63. The van der Waals surface area contributed by atoms with Crippen LogP contribution in [-0.2, 0) is 4.57 Å². The number of phosphoric acid groups is 1. The van der Waals surface area contributed by atoms with Crippen LogP contribution in [0.25, 0.3) is 120 Å². The lowest BCUT2D eigenvalue weighted by atomic mass is 9.80. The Hall–Kier alpha value is -7.28. The van der Waals surface area contributed by atoms with E-state index in [0.717, 1.165) is 86.9 Å². The topological polar surface area (TPSA) is 55.8 Å². The van der Waals surface area contributed by atoms with Crippen molar-refractivity contribution in [3.8, 4) is 67.1 Å². The Morgan fingerprint density at radius 1 is 0.352 bits per heavy atom. The molecule has 342 valence electrons. The molecule has 0 fully saturated rings. The van der Waals surface area contributed by atoms with Crippen LogP contribution in [0.1, 0.15) is 27.8 Å². The number of aryl methyl sites for hydroxylation is 5. The molecule has 1 aliphatic heterocycles. The Morgan fingerprint density at radius 2 is 0.634 bits per heavy atom. The Bertz CT molecular complexity index is 3920. The molecule has 1 aliphatic rings. The SMILES string of the molecule is Cc1cc(C)c(-c2c3ccccc3c(-c3cc4ccccc4c4c3OP(=O)(O)Oc3c(-c5c6ccccc6c(-c6c(C)cc(I)cc6C)c6ccccc56)cc5ccccc5c3-4)c3ccccc23)c(C)c1. The van der Waals surface area contributed by atoms with Crippen LogP contribution in [0.3, 0.4) is 0 Å². The molecule has 0 bridgehead atoms. The largest absolute Gasteiger partial charge is 0.584 e. The number of benzene rings is 12. The van der Waals surface area contributed by atoms with Crippen LogP contribution < -0.4 is 9.05 Å². The molecule has 12 aromatic rings. The maximum absolute atomic E-state index is 15.3. The molecule has 0 saturated heterocycles. The van der Waals surface area contributed by atoms with Gasteiger partial charge in [0.25, 0.3) is 0 Å². The molecular weight excluding hydrogens is 1000 g/mol. The molecule has 12 aromatic carbocycles. The molecule has 0 aromatic heterocycles. The predicted octanol–water partition coefficient (Wildman–Crippen LogP) is 19.0. The van der Waals surface area contributed by atoms with Crippen LogP contribution in [0.4, 0.5) is 0 Å². The van der Waals surface area contributed by atoms with Crippen molar-refractivity contribution in [2.24, 2.45) is 0 Å². The third-order valence-corrected chi connectivity index (χ3v) is 16.2. The summed E-state index contributed by atoms with van der Waals surface area (Å²) in [5.41, 5.74) is 15.4. The third-order valence-electron chi connectivity index (χ3n) is 14.7. The molecule has 0 saturated carbocycles. The summed E-state index contributed by atoms with van der Waals surface area (Å²) in [4.78, 5) is 12.5. The first-order valence-electron chi connectivity index (χ1n) is 24.0. The highest BCUT2D eigenvalue weighted by atomic mass is 127. The number of phosphoric ester groups is 1. The summed E-state index contributed by atoms with van der Waals surface area (Å²) in [5, 5.41) is 12.1. The molecule has 1 atom stereocenters. The molecule has 0 amide bonds. The van der Waals surface area contributed by atoms with E-state index in [1.54, 1.807) is 0 Å². The second-order valence-electron chi connectivity index (χ2n) is 19.2. The van der Waals surface area contributed by atoms with E-state index in [4.69, 9.17) is 9.05 Å². The highest BCUT2D eigenvalue weighted by Gasteiger charge is 2.39. The minimum absolute atomic E-state index is 0.302. The maximum atomic E-state index is 15.3. The molecule has 1 N–H and O–H groups in total. The fourth-order valence-electron chi connectivity index (χ4n) is 12.2. The van der Waals surface area contributed by atoms with E-state index in [0.29, 0.717) is 33.8 Å².